The molecule has 0 spiro atoms. The standard InChI is InChI=1S/C16H19ClN4O3/c1-10-8-18-21(9-12-5-4-6-13(17)7-12)14(10)20-15(22)11(2)19-16(23)24-3/h4-8,11H,9H2,1-3H3,(H,19,23)(H,20,22). The van der Waals surface area contributed by atoms with E-state index in [9.17, 15) is 9.59 Å². The summed E-state index contributed by atoms with van der Waals surface area (Å²) in [5.74, 6) is 0.204. The summed E-state index contributed by atoms with van der Waals surface area (Å²) in [5.41, 5.74) is 1.78. The van der Waals surface area contributed by atoms with Gasteiger partial charge in [0.15, 0.2) is 0 Å². The van der Waals surface area contributed by atoms with Gasteiger partial charge in [-0.1, -0.05) is 23.7 Å². The average Bonchev–Trinajstić information content (AvgIpc) is 2.87. The Labute approximate surface area is 144 Å². The maximum atomic E-state index is 12.2. The van der Waals surface area contributed by atoms with E-state index in [1.54, 1.807) is 23.9 Å². The number of amides is 2. The Kier molecular flexibility index (Phi) is 5.81. The molecule has 0 radical (unpaired) electrons. The summed E-state index contributed by atoms with van der Waals surface area (Å²) in [6.07, 6.45) is 1.00. The number of alkyl carbamates (subject to hydrolysis) is 1. The summed E-state index contributed by atoms with van der Waals surface area (Å²) >= 11 is 5.99. The molecule has 2 N–H and O–H groups in total. The summed E-state index contributed by atoms with van der Waals surface area (Å²) in [6.45, 7) is 3.87. The summed E-state index contributed by atoms with van der Waals surface area (Å²) in [4.78, 5) is 23.4. The maximum Gasteiger partial charge on any atom is 0.407 e. The van der Waals surface area contributed by atoms with Crippen molar-refractivity contribution in [1.82, 2.24) is 15.1 Å². The van der Waals surface area contributed by atoms with Crippen molar-refractivity contribution in [1.29, 1.82) is 0 Å². The van der Waals surface area contributed by atoms with E-state index in [1.807, 2.05) is 25.1 Å². The molecule has 8 heteroatoms. The van der Waals surface area contributed by atoms with Crippen molar-refractivity contribution in [2.45, 2.75) is 26.4 Å². The van der Waals surface area contributed by atoms with Crippen LogP contribution in [0.3, 0.4) is 0 Å². The minimum absolute atomic E-state index is 0.364. The quantitative estimate of drug-likeness (QED) is 0.867. The molecule has 2 aromatic rings. The normalized spacial score (nSPS) is 11.7. The van der Waals surface area contributed by atoms with Crippen LogP contribution in [0, 0.1) is 6.92 Å². The predicted octanol–water partition coefficient (Wildman–Crippen LogP) is 2.58. The van der Waals surface area contributed by atoms with E-state index < -0.39 is 12.1 Å². The molecule has 1 heterocycles. The highest BCUT2D eigenvalue weighted by Gasteiger charge is 2.19. The zero-order chi connectivity index (χ0) is 17.7. The molecule has 0 bridgehead atoms. The van der Waals surface area contributed by atoms with Gasteiger partial charge in [0.1, 0.15) is 11.9 Å². The van der Waals surface area contributed by atoms with Crippen molar-refractivity contribution in [3.8, 4) is 0 Å². The number of carbonyl (C=O) groups is 2. The number of aromatic nitrogens is 2. The molecule has 0 aliphatic rings. The second-order valence-electron chi connectivity index (χ2n) is 5.31. The van der Waals surface area contributed by atoms with E-state index >= 15 is 0 Å². The number of hydrogen-bond donors (Lipinski definition) is 2. The fourth-order valence-electron chi connectivity index (χ4n) is 2.10. The molecule has 0 saturated heterocycles. The molecule has 24 heavy (non-hydrogen) atoms. The van der Waals surface area contributed by atoms with Crippen LogP contribution in [0.2, 0.25) is 5.02 Å². The molecule has 0 fully saturated rings. The first-order valence-electron chi connectivity index (χ1n) is 7.33. The third-order valence-electron chi connectivity index (χ3n) is 3.40. The van der Waals surface area contributed by atoms with Gasteiger partial charge in [-0.15, -0.1) is 0 Å². The first-order valence-corrected chi connectivity index (χ1v) is 7.70. The van der Waals surface area contributed by atoms with Gasteiger partial charge < -0.3 is 15.4 Å². The molecule has 2 amide bonds. The fraction of sp³-hybridized carbons (Fsp3) is 0.312. The summed E-state index contributed by atoms with van der Waals surface area (Å²) in [5, 5.41) is 10.1. The van der Waals surface area contributed by atoms with E-state index in [1.165, 1.54) is 7.11 Å². The molecule has 2 rings (SSSR count). The predicted molar refractivity (Wildman–Crippen MR) is 91.2 cm³/mol. The van der Waals surface area contributed by atoms with Crippen molar-refractivity contribution in [3.05, 3.63) is 46.6 Å². The van der Waals surface area contributed by atoms with Crippen LogP contribution in [-0.2, 0) is 16.1 Å². The number of methoxy groups -OCH3 is 1. The Morgan fingerprint density at radius 2 is 2.17 bits per heavy atom. The Morgan fingerprint density at radius 1 is 1.42 bits per heavy atom. The van der Waals surface area contributed by atoms with Crippen molar-refractivity contribution >= 4 is 29.4 Å². The van der Waals surface area contributed by atoms with Gasteiger partial charge in [0, 0.05) is 10.6 Å². The number of nitrogens with zero attached hydrogens (tertiary/aromatic N) is 2. The van der Waals surface area contributed by atoms with Crippen LogP contribution in [0.25, 0.3) is 0 Å². The van der Waals surface area contributed by atoms with E-state index in [-0.39, 0.29) is 5.91 Å². The minimum Gasteiger partial charge on any atom is -0.453 e. The summed E-state index contributed by atoms with van der Waals surface area (Å²) < 4.78 is 6.15. The number of aryl methyl sites for hydroxylation is 1. The lowest BCUT2D eigenvalue weighted by molar-refractivity contribution is -0.117. The third kappa shape index (κ3) is 4.48. The molecule has 7 nitrogen and oxygen atoms in total. The molecule has 1 aromatic heterocycles. The number of benzene rings is 1. The Hall–Kier alpha value is -2.54. The number of rotatable bonds is 5. The van der Waals surface area contributed by atoms with Gasteiger partial charge in [-0.25, -0.2) is 9.48 Å². The molecule has 0 aliphatic heterocycles. The number of hydrogen-bond acceptors (Lipinski definition) is 4. The first kappa shape index (κ1) is 17.8. The lowest BCUT2D eigenvalue weighted by atomic mass is 10.2. The second kappa shape index (κ2) is 7.83. The summed E-state index contributed by atoms with van der Waals surface area (Å²) in [6, 6.07) is 6.67. The van der Waals surface area contributed by atoms with Gasteiger partial charge in [-0.3, -0.25) is 4.79 Å². The molecule has 0 aliphatic carbocycles. The smallest absolute Gasteiger partial charge is 0.407 e. The fourth-order valence-corrected chi connectivity index (χ4v) is 2.31. The third-order valence-corrected chi connectivity index (χ3v) is 3.63. The van der Waals surface area contributed by atoms with Gasteiger partial charge in [-0.05, 0) is 31.5 Å². The number of halogens is 1. The van der Waals surface area contributed by atoms with Crippen molar-refractivity contribution < 1.29 is 14.3 Å². The molecule has 128 valence electrons. The zero-order valence-electron chi connectivity index (χ0n) is 13.7. The average molecular weight is 351 g/mol. The van der Waals surface area contributed by atoms with Gasteiger partial charge in [0.25, 0.3) is 0 Å². The first-order chi connectivity index (χ1) is 11.4. The highest BCUT2D eigenvalue weighted by atomic mass is 35.5. The molecular formula is C16H19ClN4O3. The minimum atomic E-state index is -0.744. The largest absolute Gasteiger partial charge is 0.453 e. The maximum absolute atomic E-state index is 12.2. The van der Waals surface area contributed by atoms with E-state index in [2.05, 4.69) is 20.5 Å². The Morgan fingerprint density at radius 3 is 2.83 bits per heavy atom. The van der Waals surface area contributed by atoms with Crippen LogP contribution >= 0.6 is 11.6 Å². The molecule has 1 aromatic carbocycles. The monoisotopic (exact) mass is 350 g/mol. The highest BCUT2D eigenvalue weighted by molar-refractivity contribution is 6.30. The number of ether oxygens (including phenoxy) is 1. The lowest BCUT2D eigenvalue weighted by Crippen LogP contribution is -2.41. The van der Waals surface area contributed by atoms with Crippen LogP contribution in [0.1, 0.15) is 18.1 Å². The Balaban J connectivity index is 2.12. The van der Waals surface area contributed by atoms with E-state index in [4.69, 9.17) is 11.6 Å². The van der Waals surface area contributed by atoms with Gasteiger partial charge in [0.2, 0.25) is 5.91 Å². The highest BCUT2D eigenvalue weighted by Crippen LogP contribution is 2.18. The van der Waals surface area contributed by atoms with Gasteiger partial charge in [0.05, 0.1) is 19.9 Å². The van der Waals surface area contributed by atoms with Gasteiger partial charge >= 0.3 is 6.09 Å². The Bertz CT molecular complexity index is 745. The van der Waals surface area contributed by atoms with Crippen LogP contribution in [0.15, 0.2) is 30.5 Å². The lowest BCUT2D eigenvalue weighted by Gasteiger charge is -2.15. The number of nitrogens with one attached hydrogen (secondary N) is 2. The summed E-state index contributed by atoms with van der Waals surface area (Å²) in [7, 11) is 1.24. The molecule has 0 saturated carbocycles. The topological polar surface area (TPSA) is 85.2 Å². The molecular weight excluding hydrogens is 332 g/mol. The van der Waals surface area contributed by atoms with Crippen LogP contribution in [-0.4, -0.2) is 34.9 Å². The number of carbonyl (C=O) groups excluding carboxylic acids is 2. The van der Waals surface area contributed by atoms with Crippen molar-refractivity contribution in [2.75, 3.05) is 12.4 Å². The van der Waals surface area contributed by atoms with E-state index in [0.29, 0.717) is 17.4 Å². The van der Waals surface area contributed by atoms with Crippen LogP contribution in [0.4, 0.5) is 10.6 Å². The second-order valence-corrected chi connectivity index (χ2v) is 5.75. The number of anilines is 1. The molecule has 1 unspecified atom stereocenters. The van der Waals surface area contributed by atoms with Crippen LogP contribution < -0.4 is 10.6 Å². The SMILES string of the molecule is COC(=O)NC(C)C(=O)Nc1c(C)cnn1Cc1cccc(Cl)c1. The van der Waals surface area contributed by atoms with Crippen LogP contribution in [0.5, 0.6) is 0 Å². The molecule has 1 atom stereocenters. The zero-order valence-corrected chi connectivity index (χ0v) is 14.4. The van der Waals surface area contributed by atoms with Crippen molar-refractivity contribution in [3.63, 3.8) is 0 Å². The van der Waals surface area contributed by atoms with Gasteiger partial charge in [-0.2, -0.15) is 5.10 Å². The van der Waals surface area contributed by atoms with E-state index in [0.717, 1.165) is 11.1 Å². The van der Waals surface area contributed by atoms with Crippen molar-refractivity contribution in [2.24, 2.45) is 0 Å².